The van der Waals surface area contributed by atoms with Crippen molar-refractivity contribution in [2.75, 3.05) is 13.7 Å². The van der Waals surface area contributed by atoms with Crippen molar-refractivity contribution in [3.8, 4) is 0 Å². The Labute approximate surface area is 209 Å². The van der Waals surface area contributed by atoms with Gasteiger partial charge in [-0.15, -0.1) is 0 Å². The van der Waals surface area contributed by atoms with Crippen molar-refractivity contribution in [3.05, 3.63) is 36.3 Å². The number of rotatable bonds is 3. The van der Waals surface area contributed by atoms with Gasteiger partial charge in [0.05, 0.1) is 37.8 Å². The lowest BCUT2D eigenvalue weighted by Gasteiger charge is -2.65. The van der Waals surface area contributed by atoms with E-state index in [9.17, 15) is 19.5 Å². The first kappa shape index (κ1) is 23.9. The molecular formula is C27H32O9. The molecule has 1 aromatic rings. The molecule has 3 saturated heterocycles. The van der Waals surface area contributed by atoms with Crippen molar-refractivity contribution in [1.82, 2.24) is 0 Å². The summed E-state index contributed by atoms with van der Waals surface area (Å²) in [5, 5.41) is 11.8. The van der Waals surface area contributed by atoms with Crippen LogP contribution < -0.4 is 0 Å². The molecule has 0 aromatic carbocycles. The normalized spacial score (nSPS) is 48.4. The molecule has 36 heavy (non-hydrogen) atoms. The van der Waals surface area contributed by atoms with E-state index < -0.39 is 63.6 Å². The summed E-state index contributed by atoms with van der Waals surface area (Å²) in [5.41, 5.74) is -4.05. The summed E-state index contributed by atoms with van der Waals surface area (Å²) >= 11 is 0. The Balaban J connectivity index is 1.55. The molecule has 4 heterocycles. The quantitative estimate of drug-likeness (QED) is 0.379. The maximum absolute atomic E-state index is 14.1. The summed E-state index contributed by atoms with van der Waals surface area (Å²) < 4.78 is 28.6. The average molecular weight is 501 g/mol. The molecular weight excluding hydrogens is 468 g/mol. The highest BCUT2D eigenvalue weighted by Gasteiger charge is 2.89. The standard InChI is InChI=1S/C27H32O9/c1-23(2)18-17(29)19(30)25(4)15(26(18,13-34-23)10-7-16(28)32-5)6-9-24(3)20(14-8-11-33-12-14)35-22(31)21-27(24,25)36-21/h7-8,10-12,15,18-21,30H,6,9,13H2,1-5H3/b10-7-/t15-,18+,19-,20-,21+,24-,25-,26+,27+/m0/s1. The monoisotopic (exact) mass is 500 g/mol. The van der Waals surface area contributed by atoms with Crippen LogP contribution in [0.5, 0.6) is 0 Å². The van der Waals surface area contributed by atoms with Gasteiger partial charge >= 0.3 is 11.9 Å². The number of aliphatic hydroxyl groups excluding tert-OH is 1. The number of cyclic esters (lactones) is 1. The molecule has 0 bridgehead atoms. The molecule has 1 spiro atoms. The predicted octanol–water partition coefficient (Wildman–Crippen LogP) is 2.52. The molecule has 0 amide bonds. The van der Waals surface area contributed by atoms with Gasteiger partial charge in [0.1, 0.15) is 17.8 Å². The summed E-state index contributed by atoms with van der Waals surface area (Å²) in [7, 11) is 1.30. The van der Waals surface area contributed by atoms with E-state index in [4.69, 9.17) is 23.4 Å². The molecule has 9 heteroatoms. The highest BCUT2D eigenvalue weighted by molar-refractivity contribution is 5.92. The molecule has 0 radical (unpaired) electrons. The SMILES string of the molecule is COC(=O)/C=C\[C@]12COC(C)(C)[C@H]1C(=O)[C@H](O)[C@]1(C)[C@@H]2CC[C@@]2(C)[C@H](c3ccoc3)OC(=O)[C@H]3O[C@@]312. The third kappa shape index (κ3) is 2.49. The predicted molar refractivity (Wildman–Crippen MR) is 122 cm³/mol. The summed E-state index contributed by atoms with van der Waals surface area (Å²) in [6, 6.07) is 1.76. The van der Waals surface area contributed by atoms with E-state index in [0.717, 1.165) is 0 Å². The van der Waals surface area contributed by atoms with E-state index in [0.29, 0.717) is 18.4 Å². The highest BCUT2D eigenvalue weighted by atomic mass is 16.7. The molecule has 5 fully saturated rings. The molecule has 9 atom stereocenters. The van der Waals surface area contributed by atoms with Crippen LogP contribution in [-0.2, 0) is 33.3 Å². The smallest absolute Gasteiger partial charge is 0.339 e. The van der Waals surface area contributed by atoms with Crippen LogP contribution in [0, 0.1) is 28.1 Å². The van der Waals surface area contributed by atoms with Crippen LogP contribution in [0.2, 0.25) is 0 Å². The molecule has 1 aromatic heterocycles. The van der Waals surface area contributed by atoms with Crippen LogP contribution >= 0.6 is 0 Å². The van der Waals surface area contributed by atoms with Crippen molar-refractivity contribution in [2.45, 2.75) is 70.1 Å². The molecule has 1 N–H and O–H groups in total. The van der Waals surface area contributed by atoms with Gasteiger partial charge < -0.3 is 28.5 Å². The Kier molecular flexibility index (Phi) is 4.70. The molecule has 6 rings (SSSR count). The van der Waals surface area contributed by atoms with E-state index in [1.807, 2.05) is 27.7 Å². The second-order valence-corrected chi connectivity index (χ2v) is 12.0. The van der Waals surface area contributed by atoms with E-state index >= 15 is 0 Å². The maximum atomic E-state index is 14.1. The van der Waals surface area contributed by atoms with E-state index in [-0.39, 0.29) is 18.3 Å². The molecule has 0 unspecified atom stereocenters. The van der Waals surface area contributed by atoms with Crippen LogP contribution in [0.15, 0.2) is 35.2 Å². The number of Topliss-reactive ketones (excluding diaryl/α,β-unsaturated/α-hetero) is 1. The number of furan rings is 1. The van der Waals surface area contributed by atoms with E-state index in [1.165, 1.54) is 19.4 Å². The topological polar surface area (TPSA) is 125 Å². The molecule has 2 saturated carbocycles. The fourth-order valence-corrected chi connectivity index (χ4v) is 8.77. The van der Waals surface area contributed by atoms with Gasteiger partial charge in [-0.2, -0.15) is 0 Å². The minimum atomic E-state index is -1.39. The Bertz CT molecular complexity index is 1170. The second-order valence-electron chi connectivity index (χ2n) is 12.0. The Hall–Kier alpha value is -2.49. The van der Waals surface area contributed by atoms with Gasteiger partial charge in [-0.25, -0.2) is 9.59 Å². The summed E-state index contributed by atoms with van der Waals surface area (Å²) in [6.45, 7) is 7.75. The van der Waals surface area contributed by atoms with E-state index in [1.54, 1.807) is 18.4 Å². The largest absolute Gasteiger partial charge is 0.472 e. The van der Waals surface area contributed by atoms with Gasteiger partial charge in [0.2, 0.25) is 0 Å². The van der Waals surface area contributed by atoms with Gasteiger partial charge in [-0.3, -0.25) is 4.79 Å². The summed E-state index contributed by atoms with van der Waals surface area (Å²) in [4.78, 5) is 39.4. The number of fused-ring (bicyclic) bond motifs is 3. The summed E-state index contributed by atoms with van der Waals surface area (Å²) in [5.74, 6) is -2.41. The van der Waals surface area contributed by atoms with Gasteiger partial charge in [0.15, 0.2) is 11.9 Å². The van der Waals surface area contributed by atoms with Crippen LogP contribution in [0.3, 0.4) is 0 Å². The van der Waals surface area contributed by atoms with Crippen molar-refractivity contribution >= 4 is 17.7 Å². The number of hydrogen-bond acceptors (Lipinski definition) is 9. The van der Waals surface area contributed by atoms with Gasteiger partial charge in [-0.05, 0) is 38.7 Å². The number of aliphatic hydroxyl groups is 1. The zero-order chi connectivity index (χ0) is 25.9. The average Bonchev–Trinajstić information content (AvgIpc) is 3.29. The molecule has 2 aliphatic carbocycles. The Morgan fingerprint density at radius 2 is 1.94 bits per heavy atom. The van der Waals surface area contributed by atoms with Crippen molar-refractivity contribution < 1.29 is 42.9 Å². The minimum absolute atomic E-state index is 0.198. The molecule has 3 aliphatic heterocycles. The second kappa shape index (κ2) is 7.08. The number of carbonyl (C=O) groups is 3. The van der Waals surface area contributed by atoms with E-state index in [2.05, 4.69) is 0 Å². The molecule has 194 valence electrons. The van der Waals surface area contributed by atoms with Gasteiger partial charge in [-0.1, -0.05) is 19.9 Å². The lowest BCUT2D eigenvalue weighted by Crippen LogP contribution is -2.74. The lowest BCUT2D eigenvalue weighted by molar-refractivity contribution is -0.231. The number of hydrogen-bond donors (Lipinski definition) is 1. The first-order valence-corrected chi connectivity index (χ1v) is 12.4. The Morgan fingerprint density at radius 3 is 2.61 bits per heavy atom. The van der Waals surface area contributed by atoms with Crippen LogP contribution in [-0.4, -0.2) is 60.0 Å². The van der Waals surface area contributed by atoms with Gasteiger partial charge in [0.25, 0.3) is 0 Å². The highest BCUT2D eigenvalue weighted by Crippen LogP contribution is 2.79. The number of ketones is 1. The number of ether oxygens (including phenoxy) is 4. The zero-order valence-electron chi connectivity index (χ0n) is 21.1. The summed E-state index contributed by atoms with van der Waals surface area (Å²) in [6.07, 6.45) is 4.44. The van der Waals surface area contributed by atoms with Crippen LogP contribution in [0.4, 0.5) is 0 Å². The first-order valence-electron chi connectivity index (χ1n) is 12.4. The number of methoxy groups -OCH3 is 1. The minimum Gasteiger partial charge on any atom is -0.472 e. The van der Waals surface area contributed by atoms with Crippen molar-refractivity contribution in [2.24, 2.45) is 28.1 Å². The van der Waals surface area contributed by atoms with Crippen LogP contribution in [0.1, 0.15) is 52.2 Å². The molecule has 5 aliphatic rings. The van der Waals surface area contributed by atoms with Crippen molar-refractivity contribution in [1.29, 1.82) is 0 Å². The van der Waals surface area contributed by atoms with Gasteiger partial charge in [0, 0.05) is 27.9 Å². The Morgan fingerprint density at radius 1 is 1.19 bits per heavy atom. The third-order valence-corrected chi connectivity index (χ3v) is 10.2. The fraction of sp³-hybridized carbons (Fsp3) is 0.667. The zero-order valence-corrected chi connectivity index (χ0v) is 21.1. The van der Waals surface area contributed by atoms with Crippen molar-refractivity contribution in [3.63, 3.8) is 0 Å². The molecule has 9 nitrogen and oxygen atoms in total. The number of carbonyl (C=O) groups excluding carboxylic acids is 3. The lowest BCUT2D eigenvalue weighted by atomic mass is 9.37. The maximum Gasteiger partial charge on any atom is 0.339 e. The number of esters is 2. The first-order chi connectivity index (χ1) is 16.9. The fourth-order valence-electron chi connectivity index (χ4n) is 8.77. The third-order valence-electron chi connectivity index (χ3n) is 10.2. The number of epoxide rings is 1. The van der Waals surface area contributed by atoms with Crippen LogP contribution in [0.25, 0.3) is 0 Å².